The Morgan fingerprint density at radius 1 is 1.13 bits per heavy atom. The zero-order valence-electron chi connectivity index (χ0n) is 14.0. The first-order valence-electron chi connectivity index (χ1n) is 8.07. The molecule has 1 aromatic heterocycles. The third-order valence-electron chi connectivity index (χ3n) is 3.56. The van der Waals surface area contributed by atoms with Gasteiger partial charge in [-0.15, -0.1) is 0 Å². The van der Waals surface area contributed by atoms with Crippen molar-refractivity contribution in [2.75, 3.05) is 11.9 Å². The van der Waals surface area contributed by atoms with Gasteiger partial charge in [-0.3, -0.25) is 4.79 Å². The Labute approximate surface area is 137 Å². The van der Waals surface area contributed by atoms with Gasteiger partial charge in [0.05, 0.1) is 5.56 Å². The van der Waals surface area contributed by atoms with Gasteiger partial charge in [0.1, 0.15) is 0 Å². The molecule has 5 nitrogen and oxygen atoms in total. The van der Waals surface area contributed by atoms with E-state index in [1.165, 1.54) is 5.56 Å². The fraction of sp³-hybridized carbons (Fsp3) is 0.389. The Balaban J connectivity index is 1.95. The third kappa shape index (κ3) is 5.06. The second-order valence-electron chi connectivity index (χ2n) is 5.81. The maximum atomic E-state index is 11.9. The fourth-order valence-corrected chi connectivity index (χ4v) is 2.07. The molecule has 2 aromatic rings. The van der Waals surface area contributed by atoms with Gasteiger partial charge in [-0.2, -0.15) is 0 Å². The van der Waals surface area contributed by atoms with Gasteiger partial charge in [0.2, 0.25) is 5.95 Å². The molecular formula is C18H24N4O. The number of nitrogens with one attached hydrogen (secondary N) is 2. The molecule has 0 aliphatic rings. The molecule has 0 fully saturated rings. The number of hydrogen-bond acceptors (Lipinski definition) is 4. The topological polar surface area (TPSA) is 66.9 Å². The lowest BCUT2D eigenvalue weighted by atomic mass is 10.0. The summed E-state index contributed by atoms with van der Waals surface area (Å²) in [5.74, 6) is 0.851. The highest BCUT2D eigenvalue weighted by Crippen LogP contribution is 2.18. The summed E-state index contributed by atoms with van der Waals surface area (Å²) in [5, 5.41) is 5.98. The Hall–Kier alpha value is -2.43. The van der Waals surface area contributed by atoms with Crippen LogP contribution in [-0.2, 0) is 0 Å². The lowest BCUT2D eigenvalue weighted by Crippen LogP contribution is -2.24. The zero-order valence-corrected chi connectivity index (χ0v) is 14.0. The number of benzene rings is 1. The average molecular weight is 312 g/mol. The summed E-state index contributed by atoms with van der Waals surface area (Å²) in [6, 6.07) is 8.18. The number of unbranched alkanes of at least 4 members (excludes halogenated alkanes) is 1. The molecule has 0 atom stereocenters. The maximum Gasteiger partial charge on any atom is 0.254 e. The van der Waals surface area contributed by atoms with Crippen LogP contribution in [-0.4, -0.2) is 22.4 Å². The van der Waals surface area contributed by atoms with Crippen LogP contribution in [0.15, 0.2) is 36.7 Å². The summed E-state index contributed by atoms with van der Waals surface area (Å²) in [7, 11) is 0. The van der Waals surface area contributed by atoms with Crippen molar-refractivity contribution in [3.8, 4) is 0 Å². The first-order valence-corrected chi connectivity index (χ1v) is 8.07. The van der Waals surface area contributed by atoms with Gasteiger partial charge in [-0.05, 0) is 30.0 Å². The van der Waals surface area contributed by atoms with E-state index in [0.717, 1.165) is 18.5 Å². The summed E-state index contributed by atoms with van der Waals surface area (Å²) in [5.41, 5.74) is 2.69. The van der Waals surface area contributed by atoms with Gasteiger partial charge >= 0.3 is 0 Å². The molecule has 0 bridgehead atoms. The molecule has 0 saturated carbocycles. The van der Waals surface area contributed by atoms with Gasteiger partial charge in [0.25, 0.3) is 5.91 Å². The monoisotopic (exact) mass is 312 g/mol. The van der Waals surface area contributed by atoms with Crippen molar-refractivity contribution >= 4 is 17.5 Å². The van der Waals surface area contributed by atoms with E-state index in [-0.39, 0.29) is 5.91 Å². The lowest BCUT2D eigenvalue weighted by Gasteiger charge is -2.08. The summed E-state index contributed by atoms with van der Waals surface area (Å²) in [4.78, 5) is 20.3. The molecule has 1 heterocycles. The summed E-state index contributed by atoms with van der Waals surface area (Å²) in [6.07, 6.45) is 5.10. The molecule has 0 aliphatic carbocycles. The molecule has 2 N–H and O–H groups in total. The van der Waals surface area contributed by atoms with E-state index >= 15 is 0 Å². The lowest BCUT2D eigenvalue weighted by molar-refractivity contribution is 0.0952. The van der Waals surface area contributed by atoms with E-state index < -0.39 is 0 Å². The highest BCUT2D eigenvalue weighted by Gasteiger charge is 2.06. The number of carbonyl (C=O) groups excluding carboxylic acids is 1. The van der Waals surface area contributed by atoms with Crippen LogP contribution in [0.1, 0.15) is 55.5 Å². The van der Waals surface area contributed by atoms with Crippen LogP contribution < -0.4 is 10.6 Å². The van der Waals surface area contributed by atoms with Crippen LogP contribution in [0.25, 0.3) is 0 Å². The SMILES string of the molecule is CCCCNC(=O)c1cnc(Nc2ccc(C(C)C)cc2)nc1. The van der Waals surface area contributed by atoms with Crippen LogP contribution >= 0.6 is 0 Å². The van der Waals surface area contributed by atoms with E-state index in [2.05, 4.69) is 53.5 Å². The molecule has 0 saturated heterocycles. The predicted octanol–water partition coefficient (Wildman–Crippen LogP) is 3.87. The molecule has 1 aromatic carbocycles. The van der Waals surface area contributed by atoms with Crippen molar-refractivity contribution in [3.05, 3.63) is 47.8 Å². The quantitative estimate of drug-likeness (QED) is 0.762. The van der Waals surface area contributed by atoms with E-state index in [9.17, 15) is 4.79 Å². The molecule has 0 unspecified atom stereocenters. The van der Waals surface area contributed by atoms with Gasteiger partial charge in [0, 0.05) is 24.6 Å². The van der Waals surface area contributed by atoms with Crippen LogP contribution in [0.4, 0.5) is 11.6 Å². The van der Waals surface area contributed by atoms with E-state index in [1.54, 1.807) is 12.4 Å². The van der Waals surface area contributed by atoms with Crippen molar-refractivity contribution in [1.82, 2.24) is 15.3 Å². The minimum absolute atomic E-state index is 0.133. The third-order valence-corrected chi connectivity index (χ3v) is 3.56. The standard InChI is InChI=1S/C18H24N4O/c1-4-5-10-19-17(23)15-11-20-18(21-12-15)22-16-8-6-14(7-9-16)13(2)3/h6-9,11-13H,4-5,10H2,1-3H3,(H,19,23)(H,20,21,22). The van der Waals surface area contributed by atoms with E-state index in [1.807, 2.05) is 12.1 Å². The molecule has 1 amide bonds. The van der Waals surface area contributed by atoms with Gasteiger partial charge in [-0.25, -0.2) is 9.97 Å². The van der Waals surface area contributed by atoms with Crippen molar-refractivity contribution in [1.29, 1.82) is 0 Å². The van der Waals surface area contributed by atoms with E-state index in [4.69, 9.17) is 0 Å². The second kappa shape index (κ2) is 8.27. The fourth-order valence-electron chi connectivity index (χ4n) is 2.07. The summed E-state index contributed by atoms with van der Waals surface area (Å²) >= 11 is 0. The van der Waals surface area contributed by atoms with Crippen LogP contribution in [0.2, 0.25) is 0 Å². The number of nitrogens with zero attached hydrogens (tertiary/aromatic N) is 2. The minimum Gasteiger partial charge on any atom is -0.352 e. The highest BCUT2D eigenvalue weighted by atomic mass is 16.1. The molecule has 122 valence electrons. The Morgan fingerprint density at radius 2 is 1.78 bits per heavy atom. The maximum absolute atomic E-state index is 11.9. The molecule has 23 heavy (non-hydrogen) atoms. The zero-order chi connectivity index (χ0) is 16.7. The first-order chi connectivity index (χ1) is 11.1. The van der Waals surface area contributed by atoms with Crippen LogP contribution in [0.3, 0.4) is 0 Å². The Kier molecular flexibility index (Phi) is 6.09. The average Bonchev–Trinajstić information content (AvgIpc) is 2.56. The molecule has 0 aliphatic heterocycles. The number of rotatable bonds is 7. The van der Waals surface area contributed by atoms with Gasteiger partial charge in [-0.1, -0.05) is 39.3 Å². The van der Waals surface area contributed by atoms with Crippen LogP contribution in [0, 0.1) is 0 Å². The normalized spacial score (nSPS) is 10.6. The Bertz CT molecular complexity index is 620. The number of carbonyl (C=O) groups is 1. The molecule has 2 rings (SSSR count). The van der Waals surface area contributed by atoms with Crippen molar-refractivity contribution in [2.24, 2.45) is 0 Å². The molecule has 5 heteroatoms. The van der Waals surface area contributed by atoms with E-state index in [0.29, 0.717) is 24.0 Å². The Morgan fingerprint density at radius 3 is 2.35 bits per heavy atom. The summed E-state index contributed by atoms with van der Waals surface area (Å²) < 4.78 is 0. The molecular weight excluding hydrogens is 288 g/mol. The van der Waals surface area contributed by atoms with Crippen molar-refractivity contribution < 1.29 is 4.79 Å². The number of hydrogen-bond donors (Lipinski definition) is 2. The number of anilines is 2. The summed E-state index contributed by atoms with van der Waals surface area (Å²) in [6.45, 7) is 7.09. The highest BCUT2D eigenvalue weighted by molar-refractivity contribution is 5.93. The van der Waals surface area contributed by atoms with Gasteiger partial charge < -0.3 is 10.6 Å². The largest absolute Gasteiger partial charge is 0.352 e. The van der Waals surface area contributed by atoms with Gasteiger partial charge in [0.15, 0.2) is 0 Å². The van der Waals surface area contributed by atoms with Crippen molar-refractivity contribution in [3.63, 3.8) is 0 Å². The predicted molar refractivity (Wildman–Crippen MR) is 93.1 cm³/mol. The molecule has 0 spiro atoms. The smallest absolute Gasteiger partial charge is 0.254 e. The van der Waals surface area contributed by atoms with Crippen molar-refractivity contribution in [2.45, 2.75) is 39.5 Å². The minimum atomic E-state index is -0.133. The first kappa shape index (κ1) is 16.9. The second-order valence-corrected chi connectivity index (χ2v) is 5.81. The number of aromatic nitrogens is 2. The van der Waals surface area contributed by atoms with Crippen LogP contribution in [0.5, 0.6) is 0 Å². The molecule has 0 radical (unpaired) electrons. The number of amides is 1.